The second-order valence-corrected chi connectivity index (χ2v) is 19.9. The first-order valence-corrected chi connectivity index (χ1v) is 29.3. The lowest BCUT2D eigenvalue weighted by Crippen LogP contribution is -2.53. The number of likely N-dealkylation sites (N-methyl/N-ethyl adjacent to an activating group) is 1. The molecule has 0 aromatic rings. The fraction of sp³-hybridized carbons (Fsp3) is 0.704. The van der Waals surface area contributed by atoms with Crippen LogP contribution >= 0.6 is 0 Å². The number of ether oxygens (including phenoxy) is 4. The fourth-order valence-corrected chi connectivity index (χ4v) is 7.00. The molecule has 0 aliphatic carbocycles. The van der Waals surface area contributed by atoms with Gasteiger partial charge in [0.1, 0.15) is 19.0 Å². The molecule has 5 aliphatic heterocycles. The molecule has 0 aromatic heterocycles. The van der Waals surface area contributed by atoms with E-state index in [0.717, 1.165) is 32.7 Å². The Kier molecular flexibility index (Phi) is 54.6. The van der Waals surface area contributed by atoms with Crippen LogP contribution in [-0.2, 0) is 62.1 Å². The molecule has 0 bridgehead atoms. The van der Waals surface area contributed by atoms with Crippen LogP contribution in [0.2, 0.25) is 0 Å². The number of Topliss-reactive ketones (excluding diaryl/α,β-unsaturated/α-hetero) is 2. The third-order valence-corrected chi connectivity index (χ3v) is 12.6. The Morgan fingerprint density at radius 3 is 0.894 bits per heavy atom. The van der Waals surface area contributed by atoms with Gasteiger partial charge in [-0.25, -0.2) is 33.6 Å². The van der Waals surface area contributed by atoms with Gasteiger partial charge in [0.2, 0.25) is 41.2 Å². The number of nitrogens with two attached hydrogens (primary N) is 9. The maximum atomic E-state index is 11.3. The number of hydrogen-bond acceptors (Lipinski definition) is 21. The van der Waals surface area contributed by atoms with Crippen LogP contribution in [0.25, 0.3) is 0 Å². The summed E-state index contributed by atoms with van der Waals surface area (Å²) in [6.45, 7) is 23.5. The molecule has 0 spiro atoms. The van der Waals surface area contributed by atoms with Crippen molar-refractivity contribution < 1.29 is 95.7 Å². The molecule has 40 heteroatoms. The van der Waals surface area contributed by atoms with Gasteiger partial charge in [-0.1, -0.05) is 6.92 Å². The number of hydrogen-bond donors (Lipinski definition) is 9. The van der Waals surface area contributed by atoms with Crippen LogP contribution in [0.1, 0.15) is 61.3 Å². The third-order valence-electron chi connectivity index (χ3n) is 12.6. The van der Waals surface area contributed by atoms with Gasteiger partial charge in [-0.2, -0.15) is 0 Å². The standard InChI is InChI=1S/C8H15N3O3.C8H13N3O3.C7H13N3O3.C7H13N3O2.C6H13N3O.C5H11NO.C4H7NO2.2C3H7NO2.C3H7NO/c1-14-6-7(12)10-2-4-11(5-3-10)8(9)13;1-6(12)7(13)10-2-4-11(5-3-10)8(9)14;1-13-7(12)10-4-2-9(3-5-10)6(8)11;1-6(11)9-2-4-10(5-3-9)7(8)12;1-8-2-4-9(5-3-8)6(7)10;1-4-6(3)5(2)7;1-3(6)2-4(5)7;1-6-2-3(4)5;1-2-6-3(4)5;1-2-3(4)5/h2-6H2,1H3,(H2,9,13);2-5H2,1H3,(H2,9,14);2-5H2,1H3,(H2,8,11);2-5H2,1H3,(H2,8,12);2-5H2,1H3,(H2,7,10);4H2,1-3H3;2H2,1H3,(H2,5,7);2*2H2,1H3,(H2,4,5);2H2,1H3,(H2,4,5). The van der Waals surface area contributed by atoms with Gasteiger partial charge in [0.15, 0.2) is 0 Å². The van der Waals surface area contributed by atoms with Crippen LogP contribution in [0.4, 0.5) is 33.6 Å². The Labute approximate surface area is 549 Å². The van der Waals surface area contributed by atoms with E-state index in [0.29, 0.717) is 118 Å². The summed E-state index contributed by atoms with van der Waals surface area (Å²) in [5, 5.41) is 0. The molecule has 0 radical (unpaired) electrons. The van der Waals surface area contributed by atoms with E-state index in [1.165, 1.54) is 61.7 Å². The van der Waals surface area contributed by atoms with Crippen molar-refractivity contribution in [3.8, 4) is 0 Å². The summed E-state index contributed by atoms with van der Waals surface area (Å²) in [7, 11) is 8.06. The Hall–Kier alpha value is -9.60. The predicted molar refractivity (Wildman–Crippen MR) is 340 cm³/mol. The van der Waals surface area contributed by atoms with E-state index in [2.05, 4.69) is 42.0 Å². The maximum Gasteiger partial charge on any atom is 0.409 e. The van der Waals surface area contributed by atoms with Crippen LogP contribution in [0.3, 0.4) is 0 Å². The van der Waals surface area contributed by atoms with Crippen molar-refractivity contribution in [2.45, 2.75) is 61.3 Å². The van der Waals surface area contributed by atoms with Crippen molar-refractivity contribution in [1.29, 1.82) is 0 Å². The van der Waals surface area contributed by atoms with E-state index in [1.54, 1.807) is 57.2 Å². The van der Waals surface area contributed by atoms with Gasteiger partial charge in [-0.05, 0) is 27.8 Å². The average molecular weight is 1360 g/mol. The van der Waals surface area contributed by atoms with Crippen molar-refractivity contribution in [3.63, 3.8) is 0 Å². The molecular weight excluding hydrogens is 1250 g/mol. The minimum Gasteiger partial charge on any atom is -0.453 e. The summed E-state index contributed by atoms with van der Waals surface area (Å²) >= 11 is 0. The minimum atomic E-state index is -0.711. The highest BCUT2D eigenvalue weighted by Crippen LogP contribution is 2.05. The zero-order valence-corrected chi connectivity index (χ0v) is 56.7. The highest BCUT2D eigenvalue weighted by atomic mass is 16.5. The van der Waals surface area contributed by atoms with Gasteiger partial charge in [0, 0.05) is 186 Å². The number of primary amides is 9. The zero-order valence-electron chi connectivity index (χ0n) is 56.7. The first kappa shape index (κ1) is 93.1. The highest BCUT2D eigenvalue weighted by Gasteiger charge is 2.26. The van der Waals surface area contributed by atoms with Gasteiger partial charge in [0.25, 0.3) is 5.91 Å². The molecule has 19 amide bonds. The van der Waals surface area contributed by atoms with E-state index in [1.807, 2.05) is 14.0 Å². The maximum absolute atomic E-state index is 11.3. The SMILES string of the molecule is CC(=O)C(=O)N1CCN(C(N)=O)CC1.CC(=O)CC(N)=O.CC(=O)N1CCN(C(N)=O)CC1.CCC(N)=O.CCN(C)C(C)=O.CCOC(N)=O.CN1CCN(C(N)=O)CC1.COC(=O)N1CCN(C(N)=O)CC1.COCC(=O)N1CCN(C(N)=O)CC1.COCC(N)=O. The van der Waals surface area contributed by atoms with Gasteiger partial charge < -0.3 is 124 Å². The average Bonchev–Trinajstić information content (AvgIpc) is 0.997. The van der Waals surface area contributed by atoms with Crippen LogP contribution in [-0.4, -0.2) is 342 Å². The highest BCUT2D eigenvalue weighted by molar-refractivity contribution is 6.35. The van der Waals surface area contributed by atoms with Crippen LogP contribution in [0, 0.1) is 0 Å². The third kappa shape index (κ3) is 51.1. The molecule has 94 heavy (non-hydrogen) atoms. The van der Waals surface area contributed by atoms with Crippen molar-refractivity contribution in [2.24, 2.45) is 51.6 Å². The number of methoxy groups -OCH3 is 3. The summed E-state index contributed by atoms with van der Waals surface area (Å²) in [5.74, 6) is -2.26. The number of urea groups is 5. The quantitative estimate of drug-likeness (QED) is 0.0728. The van der Waals surface area contributed by atoms with E-state index in [9.17, 15) is 76.7 Å². The lowest BCUT2D eigenvalue weighted by atomic mass is 10.3. The number of piperazine rings is 5. The van der Waals surface area contributed by atoms with E-state index < -0.39 is 53.7 Å². The first-order chi connectivity index (χ1) is 43.7. The summed E-state index contributed by atoms with van der Waals surface area (Å²) in [6.07, 6.45) is -0.762. The number of carbonyl (C=O) groups excluding carboxylic acids is 16. The van der Waals surface area contributed by atoms with Crippen molar-refractivity contribution in [2.75, 3.05) is 193 Å². The fourth-order valence-electron chi connectivity index (χ4n) is 7.00. The molecule has 0 saturated carbocycles. The van der Waals surface area contributed by atoms with Gasteiger partial charge >= 0.3 is 42.3 Å². The normalized spacial score (nSPS) is 14.5. The molecule has 5 heterocycles. The largest absolute Gasteiger partial charge is 0.453 e. The second-order valence-electron chi connectivity index (χ2n) is 19.9. The number of nitrogens with zero attached hydrogens (tertiary/aromatic N) is 11. The van der Waals surface area contributed by atoms with Crippen molar-refractivity contribution in [3.05, 3.63) is 0 Å². The molecule has 0 aromatic carbocycles. The molecule has 40 nitrogen and oxygen atoms in total. The molecule has 0 unspecified atom stereocenters. The Balaban J connectivity index is -0.000000318. The summed E-state index contributed by atoms with van der Waals surface area (Å²) in [4.78, 5) is 186. The molecule has 5 fully saturated rings. The number of carbonyl (C=O) groups is 16. The molecule has 5 aliphatic rings. The number of amides is 19. The zero-order chi connectivity index (χ0) is 73.8. The molecule has 5 saturated heterocycles. The topological polar surface area (TPSA) is 580 Å². The summed E-state index contributed by atoms with van der Waals surface area (Å²) in [5.41, 5.74) is 43.9. The molecule has 18 N–H and O–H groups in total. The predicted octanol–water partition coefficient (Wildman–Crippen LogP) is -5.32. The molecular formula is C54H106N20O20. The Bertz CT molecular complexity index is 2300. The Morgan fingerprint density at radius 1 is 0.404 bits per heavy atom. The molecule has 542 valence electrons. The van der Waals surface area contributed by atoms with Crippen molar-refractivity contribution in [1.82, 2.24) is 53.9 Å². The lowest BCUT2D eigenvalue weighted by Gasteiger charge is -2.33. The summed E-state index contributed by atoms with van der Waals surface area (Å²) < 4.78 is 17.8. The van der Waals surface area contributed by atoms with Crippen LogP contribution < -0.4 is 51.6 Å². The van der Waals surface area contributed by atoms with Gasteiger partial charge in [-0.15, -0.1) is 0 Å². The second kappa shape index (κ2) is 55.1. The van der Waals surface area contributed by atoms with E-state index in [4.69, 9.17) is 33.4 Å². The van der Waals surface area contributed by atoms with E-state index in [-0.39, 0.29) is 61.2 Å². The monoisotopic (exact) mass is 1350 g/mol. The molecule has 0 atom stereocenters. The van der Waals surface area contributed by atoms with Crippen molar-refractivity contribution >= 4 is 95.3 Å². The number of ketones is 2. The smallest absolute Gasteiger partial charge is 0.409 e. The molecule has 5 rings (SSSR count). The lowest BCUT2D eigenvalue weighted by molar-refractivity contribution is -0.144. The van der Waals surface area contributed by atoms with Crippen LogP contribution in [0.5, 0.6) is 0 Å². The van der Waals surface area contributed by atoms with Gasteiger partial charge in [-0.3, -0.25) is 43.2 Å². The van der Waals surface area contributed by atoms with Crippen LogP contribution in [0.15, 0.2) is 0 Å². The van der Waals surface area contributed by atoms with Gasteiger partial charge in [0.05, 0.1) is 20.1 Å². The first-order valence-electron chi connectivity index (χ1n) is 29.3. The minimum absolute atomic E-state index is 0.0139. The Morgan fingerprint density at radius 2 is 0.713 bits per heavy atom. The number of rotatable bonds is 10. The van der Waals surface area contributed by atoms with E-state index >= 15 is 0 Å². The summed E-state index contributed by atoms with van der Waals surface area (Å²) in [6, 6.07) is -2.06.